The molecule has 1 amide bonds. The van der Waals surface area contributed by atoms with Gasteiger partial charge in [-0.1, -0.05) is 32.0 Å². The Hall–Kier alpha value is -3.21. The van der Waals surface area contributed by atoms with E-state index in [1.54, 1.807) is 6.20 Å². The number of benzene rings is 2. The first-order chi connectivity index (χ1) is 12.1. The number of rotatable bonds is 3. The van der Waals surface area contributed by atoms with Gasteiger partial charge >= 0.3 is 0 Å². The minimum absolute atomic E-state index is 0.0261. The highest BCUT2D eigenvalue weighted by atomic mass is 16.3. The van der Waals surface area contributed by atoms with Gasteiger partial charge < -0.3 is 9.73 Å². The summed E-state index contributed by atoms with van der Waals surface area (Å²) >= 11 is 0. The van der Waals surface area contributed by atoms with Crippen LogP contribution >= 0.6 is 0 Å². The van der Waals surface area contributed by atoms with Gasteiger partial charge in [0.25, 0.3) is 0 Å². The number of carbonyl (C=O) groups is 1. The topological polar surface area (TPSA) is 68.0 Å². The van der Waals surface area contributed by atoms with Crippen LogP contribution in [0.5, 0.6) is 0 Å². The standard InChI is InChI=1S/C20H17N3O2/c1-12(2)19(24)22-15-7-8-18-17(10-15)23-20(25-18)14-9-13-5-3-4-6-16(13)21-11-14/h3-12H,1-2H3,(H,22,24). The van der Waals surface area contributed by atoms with Crippen molar-refractivity contribution in [2.75, 3.05) is 5.32 Å². The highest BCUT2D eigenvalue weighted by Crippen LogP contribution is 2.27. The van der Waals surface area contributed by atoms with E-state index in [1.807, 2.05) is 62.4 Å². The molecular formula is C20H17N3O2. The number of anilines is 1. The van der Waals surface area contributed by atoms with Crippen LogP contribution in [-0.4, -0.2) is 15.9 Å². The van der Waals surface area contributed by atoms with Gasteiger partial charge in [0.2, 0.25) is 11.8 Å². The fraction of sp³-hybridized carbons (Fsp3) is 0.150. The summed E-state index contributed by atoms with van der Waals surface area (Å²) < 4.78 is 5.85. The summed E-state index contributed by atoms with van der Waals surface area (Å²) in [6, 6.07) is 15.4. The van der Waals surface area contributed by atoms with Gasteiger partial charge in [0.05, 0.1) is 11.1 Å². The molecule has 0 aliphatic rings. The maximum atomic E-state index is 11.8. The summed E-state index contributed by atoms with van der Waals surface area (Å²) in [6.07, 6.45) is 1.76. The molecule has 2 aromatic heterocycles. The lowest BCUT2D eigenvalue weighted by Crippen LogP contribution is -2.17. The number of hydrogen-bond acceptors (Lipinski definition) is 4. The Morgan fingerprint density at radius 3 is 2.76 bits per heavy atom. The smallest absolute Gasteiger partial charge is 0.228 e. The summed E-state index contributed by atoms with van der Waals surface area (Å²) in [4.78, 5) is 20.8. The van der Waals surface area contributed by atoms with Gasteiger partial charge in [-0.2, -0.15) is 0 Å². The fourth-order valence-corrected chi connectivity index (χ4v) is 2.60. The van der Waals surface area contributed by atoms with Gasteiger partial charge in [0.1, 0.15) is 5.52 Å². The molecule has 0 spiro atoms. The molecule has 5 nitrogen and oxygen atoms in total. The second kappa shape index (κ2) is 6.02. The molecular weight excluding hydrogens is 314 g/mol. The third-order valence-corrected chi connectivity index (χ3v) is 4.02. The number of oxazole rings is 1. The molecule has 0 aliphatic heterocycles. The molecule has 5 heteroatoms. The third kappa shape index (κ3) is 2.96. The van der Waals surface area contributed by atoms with E-state index in [-0.39, 0.29) is 11.8 Å². The van der Waals surface area contributed by atoms with Crippen molar-refractivity contribution in [3.63, 3.8) is 0 Å². The predicted molar refractivity (Wildman–Crippen MR) is 98.2 cm³/mol. The maximum Gasteiger partial charge on any atom is 0.228 e. The Kier molecular flexibility index (Phi) is 3.69. The van der Waals surface area contributed by atoms with Crippen LogP contribution in [-0.2, 0) is 4.79 Å². The van der Waals surface area contributed by atoms with E-state index in [2.05, 4.69) is 15.3 Å². The highest BCUT2D eigenvalue weighted by Gasteiger charge is 2.12. The van der Waals surface area contributed by atoms with Crippen molar-refractivity contribution in [1.29, 1.82) is 0 Å². The number of fused-ring (bicyclic) bond motifs is 2. The highest BCUT2D eigenvalue weighted by molar-refractivity contribution is 5.94. The zero-order valence-electron chi connectivity index (χ0n) is 14.0. The molecule has 4 aromatic rings. The number of amides is 1. The first kappa shape index (κ1) is 15.3. The van der Waals surface area contributed by atoms with Crippen molar-refractivity contribution < 1.29 is 9.21 Å². The van der Waals surface area contributed by atoms with E-state index >= 15 is 0 Å². The van der Waals surface area contributed by atoms with E-state index in [9.17, 15) is 4.79 Å². The van der Waals surface area contributed by atoms with Crippen LogP contribution in [0.1, 0.15) is 13.8 Å². The molecule has 2 heterocycles. The first-order valence-corrected chi connectivity index (χ1v) is 8.17. The van der Waals surface area contributed by atoms with Crippen LogP contribution in [0.3, 0.4) is 0 Å². The Labute approximate surface area is 144 Å². The molecule has 4 rings (SSSR count). The van der Waals surface area contributed by atoms with Crippen LogP contribution in [0, 0.1) is 5.92 Å². The molecule has 1 N–H and O–H groups in total. The maximum absolute atomic E-state index is 11.8. The van der Waals surface area contributed by atoms with Gasteiger partial charge in [0, 0.05) is 23.2 Å². The lowest BCUT2D eigenvalue weighted by molar-refractivity contribution is -0.118. The molecule has 2 aromatic carbocycles. The lowest BCUT2D eigenvalue weighted by atomic mass is 10.1. The van der Waals surface area contributed by atoms with Crippen molar-refractivity contribution in [1.82, 2.24) is 9.97 Å². The number of para-hydroxylation sites is 1. The van der Waals surface area contributed by atoms with Crippen LogP contribution in [0.4, 0.5) is 5.69 Å². The molecule has 25 heavy (non-hydrogen) atoms. The first-order valence-electron chi connectivity index (χ1n) is 8.17. The zero-order valence-corrected chi connectivity index (χ0v) is 14.0. The van der Waals surface area contributed by atoms with Gasteiger partial charge in [-0.05, 0) is 30.3 Å². The summed E-state index contributed by atoms with van der Waals surface area (Å²) in [5, 5.41) is 3.91. The lowest BCUT2D eigenvalue weighted by Gasteiger charge is -2.06. The van der Waals surface area contributed by atoms with Crippen LogP contribution in [0.15, 0.2) is 59.1 Å². The van der Waals surface area contributed by atoms with Crippen molar-refractivity contribution in [2.45, 2.75) is 13.8 Å². The van der Waals surface area contributed by atoms with Crippen LogP contribution < -0.4 is 5.32 Å². The fourth-order valence-electron chi connectivity index (χ4n) is 2.60. The Morgan fingerprint density at radius 2 is 1.92 bits per heavy atom. The molecule has 0 unspecified atom stereocenters. The second-order valence-electron chi connectivity index (χ2n) is 6.26. The van der Waals surface area contributed by atoms with Gasteiger partial charge in [-0.15, -0.1) is 0 Å². The Bertz CT molecular complexity index is 1080. The minimum Gasteiger partial charge on any atom is -0.436 e. The van der Waals surface area contributed by atoms with Crippen molar-refractivity contribution in [3.05, 3.63) is 54.7 Å². The van der Waals surface area contributed by atoms with Crippen LogP contribution in [0.25, 0.3) is 33.5 Å². The predicted octanol–water partition coefficient (Wildman–Crippen LogP) is 4.64. The van der Waals surface area contributed by atoms with E-state index in [0.717, 1.165) is 16.5 Å². The SMILES string of the molecule is CC(C)C(=O)Nc1ccc2oc(-c3cnc4ccccc4c3)nc2c1. The van der Waals surface area contributed by atoms with Gasteiger partial charge in [-0.3, -0.25) is 9.78 Å². The number of aromatic nitrogens is 2. The number of pyridine rings is 1. The molecule has 0 radical (unpaired) electrons. The van der Waals surface area contributed by atoms with Crippen molar-refractivity contribution >= 4 is 33.6 Å². The number of nitrogens with one attached hydrogen (secondary N) is 1. The number of nitrogens with zero attached hydrogens (tertiary/aromatic N) is 2. The molecule has 0 aliphatic carbocycles. The quantitative estimate of drug-likeness (QED) is 0.594. The van der Waals surface area contributed by atoms with Gasteiger partial charge in [0.15, 0.2) is 5.58 Å². The monoisotopic (exact) mass is 331 g/mol. The molecule has 0 atom stereocenters. The van der Waals surface area contributed by atoms with E-state index < -0.39 is 0 Å². The largest absolute Gasteiger partial charge is 0.436 e. The summed E-state index contributed by atoms with van der Waals surface area (Å²) in [5.41, 5.74) is 3.84. The Morgan fingerprint density at radius 1 is 1.08 bits per heavy atom. The summed E-state index contributed by atoms with van der Waals surface area (Å²) in [5.74, 6) is 0.412. The molecule has 0 bridgehead atoms. The number of carbonyl (C=O) groups excluding carboxylic acids is 1. The van der Waals surface area contributed by atoms with E-state index in [4.69, 9.17) is 4.42 Å². The molecule has 0 fully saturated rings. The van der Waals surface area contributed by atoms with Gasteiger partial charge in [-0.25, -0.2) is 4.98 Å². The summed E-state index contributed by atoms with van der Waals surface area (Å²) in [7, 11) is 0. The normalized spacial score (nSPS) is 11.3. The number of hydrogen-bond donors (Lipinski definition) is 1. The Balaban J connectivity index is 1.71. The second-order valence-corrected chi connectivity index (χ2v) is 6.26. The summed E-state index contributed by atoms with van der Waals surface area (Å²) in [6.45, 7) is 3.71. The van der Waals surface area contributed by atoms with E-state index in [0.29, 0.717) is 22.7 Å². The minimum atomic E-state index is -0.0766. The van der Waals surface area contributed by atoms with Crippen molar-refractivity contribution in [3.8, 4) is 11.5 Å². The van der Waals surface area contributed by atoms with E-state index in [1.165, 1.54) is 0 Å². The van der Waals surface area contributed by atoms with Crippen molar-refractivity contribution in [2.24, 2.45) is 5.92 Å². The average molecular weight is 331 g/mol. The van der Waals surface area contributed by atoms with Crippen LogP contribution in [0.2, 0.25) is 0 Å². The molecule has 0 saturated heterocycles. The zero-order chi connectivity index (χ0) is 17.4. The molecule has 0 saturated carbocycles. The third-order valence-electron chi connectivity index (χ3n) is 4.02. The average Bonchev–Trinajstić information content (AvgIpc) is 3.04. The molecule has 124 valence electrons.